The van der Waals surface area contributed by atoms with E-state index in [-0.39, 0.29) is 5.56 Å². The highest BCUT2D eigenvalue weighted by Crippen LogP contribution is 2.33. The molecule has 1 fully saturated rings. The molecule has 0 radical (unpaired) electrons. The molecule has 1 aliphatic heterocycles. The summed E-state index contributed by atoms with van der Waals surface area (Å²) in [5.41, 5.74) is -1.16. The maximum atomic E-state index is 13.6. The van der Waals surface area contributed by atoms with Gasteiger partial charge in [-0.1, -0.05) is 12.1 Å². The average molecular weight is 227 g/mol. The van der Waals surface area contributed by atoms with E-state index in [0.717, 1.165) is 19.0 Å². The highest BCUT2D eigenvalue weighted by molar-refractivity contribution is 5.25. The summed E-state index contributed by atoms with van der Waals surface area (Å²) in [5.74, 6) is -1.82. The molecule has 0 spiro atoms. The molecule has 1 aromatic rings. The first kappa shape index (κ1) is 11.5. The van der Waals surface area contributed by atoms with Crippen molar-refractivity contribution < 1.29 is 13.9 Å². The third-order valence-corrected chi connectivity index (χ3v) is 3.11. The molecule has 4 heteroatoms. The van der Waals surface area contributed by atoms with Gasteiger partial charge >= 0.3 is 0 Å². The molecule has 1 saturated heterocycles. The molecule has 1 unspecified atom stereocenters. The predicted octanol–water partition coefficient (Wildman–Crippen LogP) is 1.93. The van der Waals surface area contributed by atoms with Crippen LogP contribution in [0.3, 0.4) is 0 Å². The average Bonchev–Trinajstić information content (AvgIpc) is 2.48. The Morgan fingerprint density at radius 3 is 2.81 bits per heavy atom. The Morgan fingerprint density at radius 1 is 1.19 bits per heavy atom. The molecule has 16 heavy (non-hydrogen) atoms. The molecule has 2 N–H and O–H groups in total. The number of aliphatic hydroxyl groups is 1. The lowest BCUT2D eigenvalue weighted by molar-refractivity contribution is 0.0199. The lowest BCUT2D eigenvalue weighted by Gasteiger charge is -2.27. The summed E-state index contributed by atoms with van der Waals surface area (Å²) in [6.45, 7) is 1.42. The Morgan fingerprint density at radius 2 is 2.00 bits per heavy atom. The molecule has 1 aromatic carbocycles. The van der Waals surface area contributed by atoms with Crippen LogP contribution in [0, 0.1) is 11.6 Å². The zero-order valence-electron chi connectivity index (χ0n) is 8.97. The summed E-state index contributed by atoms with van der Waals surface area (Å²) in [5, 5.41) is 13.5. The van der Waals surface area contributed by atoms with Gasteiger partial charge in [0.15, 0.2) is 11.6 Å². The van der Waals surface area contributed by atoms with E-state index in [0.29, 0.717) is 19.4 Å². The predicted molar refractivity (Wildman–Crippen MR) is 57.0 cm³/mol. The highest BCUT2D eigenvalue weighted by atomic mass is 19.2. The molecule has 0 amide bonds. The fraction of sp³-hybridized carbons (Fsp3) is 0.500. The number of halogens is 2. The van der Waals surface area contributed by atoms with Crippen molar-refractivity contribution in [3.8, 4) is 0 Å². The lowest BCUT2D eigenvalue weighted by Crippen LogP contribution is -2.28. The number of hydrogen-bond acceptors (Lipinski definition) is 2. The fourth-order valence-electron chi connectivity index (χ4n) is 2.18. The standard InChI is InChI=1S/C12H15F2NO/c13-10-4-1-3-9(11(10)14)12(16)5-2-7-15-8-6-12/h1,3-4,15-16H,2,5-8H2. The van der Waals surface area contributed by atoms with E-state index >= 15 is 0 Å². The van der Waals surface area contributed by atoms with E-state index in [2.05, 4.69) is 5.32 Å². The van der Waals surface area contributed by atoms with Crippen molar-refractivity contribution in [1.82, 2.24) is 5.32 Å². The molecular weight excluding hydrogens is 212 g/mol. The third-order valence-electron chi connectivity index (χ3n) is 3.11. The van der Waals surface area contributed by atoms with Gasteiger partial charge in [0.2, 0.25) is 0 Å². The zero-order valence-corrected chi connectivity index (χ0v) is 8.97. The molecule has 88 valence electrons. The number of benzene rings is 1. The van der Waals surface area contributed by atoms with E-state index in [1.54, 1.807) is 0 Å². The monoisotopic (exact) mass is 227 g/mol. The van der Waals surface area contributed by atoms with Crippen LogP contribution in [0.5, 0.6) is 0 Å². The van der Waals surface area contributed by atoms with Crippen molar-refractivity contribution in [2.75, 3.05) is 13.1 Å². The van der Waals surface area contributed by atoms with Crippen LogP contribution in [0.4, 0.5) is 8.78 Å². The molecule has 1 heterocycles. The van der Waals surface area contributed by atoms with Gasteiger partial charge in [-0.2, -0.15) is 0 Å². The van der Waals surface area contributed by atoms with Crippen LogP contribution in [0.25, 0.3) is 0 Å². The molecular formula is C12H15F2NO. The van der Waals surface area contributed by atoms with Gasteiger partial charge in [-0.15, -0.1) is 0 Å². The molecule has 2 rings (SSSR count). The van der Waals surface area contributed by atoms with Crippen LogP contribution < -0.4 is 5.32 Å². The molecule has 0 saturated carbocycles. The van der Waals surface area contributed by atoms with Crippen molar-refractivity contribution in [2.45, 2.75) is 24.9 Å². The maximum Gasteiger partial charge on any atom is 0.164 e. The molecule has 0 aliphatic carbocycles. The maximum absolute atomic E-state index is 13.6. The Kier molecular flexibility index (Phi) is 3.21. The highest BCUT2D eigenvalue weighted by Gasteiger charge is 2.33. The van der Waals surface area contributed by atoms with E-state index in [9.17, 15) is 13.9 Å². The van der Waals surface area contributed by atoms with Crippen molar-refractivity contribution in [3.63, 3.8) is 0 Å². The Labute approximate surface area is 93.3 Å². The summed E-state index contributed by atoms with van der Waals surface area (Å²) < 4.78 is 26.7. The smallest absolute Gasteiger partial charge is 0.164 e. The lowest BCUT2D eigenvalue weighted by atomic mass is 9.86. The minimum absolute atomic E-state index is 0.0798. The second-order valence-electron chi connectivity index (χ2n) is 4.24. The normalized spacial score (nSPS) is 26.4. The molecule has 1 aliphatic rings. The number of rotatable bonds is 1. The van der Waals surface area contributed by atoms with Gasteiger partial charge in [0.25, 0.3) is 0 Å². The van der Waals surface area contributed by atoms with Gasteiger partial charge in [-0.25, -0.2) is 8.78 Å². The topological polar surface area (TPSA) is 32.3 Å². The minimum Gasteiger partial charge on any atom is -0.385 e. The molecule has 0 aromatic heterocycles. The van der Waals surface area contributed by atoms with Gasteiger partial charge in [0.1, 0.15) is 0 Å². The van der Waals surface area contributed by atoms with Crippen LogP contribution in [-0.4, -0.2) is 18.2 Å². The van der Waals surface area contributed by atoms with Gasteiger partial charge in [-0.05, 0) is 38.4 Å². The van der Waals surface area contributed by atoms with Crippen molar-refractivity contribution in [2.24, 2.45) is 0 Å². The first-order valence-electron chi connectivity index (χ1n) is 5.51. The van der Waals surface area contributed by atoms with Crippen LogP contribution >= 0.6 is 0 Å². The Bertz CT molecular complexity index is 373. The van der Waals surface area contributed by atoms with E-state index in [1.165, 1.54) is 12.1 Å². The van der Waals surface area contributed by atoms with Crippen molar-refractivity contribution in [3.05, 3.63) is 35.4 Å². The summed E-state index contributed by atoms with van der Waals surface area (Å²) in [6.07, 6.45) is 1.63. The molecule has 1 atom stereocenters. The summed E-state index contributed by atoms with van der Waals surface area (Å²) in [4.78, 5) is 0. The van der Waals surface area contributed by atoms with E-state index in [4.69, 9.17) is 0 Å². The van der Waals surface area contributed by atoms with Crippen molar-refractivity contribution >= 4 is 0 Å². The van der Waals surface area contributed by atoms with E-state index in [1.807, 2.05) is 0 Å². The number of nitrogens with one attached hydrogen (secondary N) is 1. The number of hydrogen-bond donors (Lipinski definition) is 2. The zero-order chi connectivity index (χ0) is 11.6. The molecule has 2 nitrogen and oxygen atoms in total. The Balaban J connectivity index is 2.37. The van der Waals surface area contributed by atoms with E-state index < -0.39 is 17.2 Å². The largest absolute Gasteiger partial charge is 0.385 e. The quantitative estimate of drug-likeness (QED) is 0.768. The minimum atomic E-state index is -1.24. The Hall–Kier alpha value is -1.00. The molecule has 0 bridgehead atoms. The summed E-state index contributed by atoms with van der Waals surface area (Å²) in [7, 11) is 0. The van der Waals surface area contributed by atoms with Crippen LogP contribution in [0.15, 0.2) is 18.2 Å². The van der Waals surface area contributed by atoms with Gasteiger partial charge in [0.05, 0.1) is 5.60 Å². The van der Waals surface area contributed by atoms with Crippen LogP contribution in [-0.2, 0) is 5.60 Å². The first-order chi connectivity index (χ1) is 7.63. The van der Waals surface area contributed by atoms with Crippen molar-refractivity contribution in [1.29, 1.82) is 0 Å². The SMILES string of the molecule is OC1(c2cccc(F)c2F)CCCNCC1. The van der Waals surface area contributed by atoms with Gasteiger partial charge < -0.3 is 10.4 Å². The summed E-state index contributed by atoms with van der Waals surface area (Å²) in [6, 6.07) is 3.96. The van der Waals surface area contributed by atoms with Gasteiger partial charge in [0, 0.05) is 5.56 Å². The first-order valence-corrected chi connectivity index (χ1v) is 5.51. The second kappa shape index (κ2) is 4.47. The third kappa shape index (κ3) is 2.08. The second-order valence-corrected chi connectivity index (χ2v) is 4.24. The van der Waals surface area contributed by atoms with Gasteiger partial charge in [-0.3, -0.25) is 0 Å². The fourth-order valence-corrected chi connectivity index (χ4v) is 2.18. The van der Waals surface area contributed by atoms with Crippen LogP contribution in [0.1, 0.15) is 24.8 Å². The van der Waals surface area contributed by atoms with Crippen LogP contribution in [0.2, 0.25) is 0 Å². The summed E-state index contributed by atoms with van der Waals surface area (Å²) >= 11 is 0.